The van der Waals surface area contributed by atoms with Gasteiger partial charge < -0.3 is 20.1 Å². The van der Waals surface area contributed by atoms with Gasteiger partial charge in [-0.2, -0.15) is 4.39 Å². The standard InChI is InChI=1S/C24H35FN2O6/c1-15(2)7-5-8-16(3)9-6-10-17(4)11-12-26-22(31)18(25)13-27(24(26)32)23-21(30)20(29)19(14-28)33-23/h7,9,11,13,19-21,23,28-30H,5-6,8,10,12,14H2,1-4H3. The zero-order chi connectivity index (χ0) is 24.7. The zero-order valence-electron chi connectivity index (χ0n) is 19.7. The molecule has 0 aliphatic carbocycles. The van der Waals surface area contributed by atoms with Crippen molar-refractivity contribution in [3.63, 3.8) is 0 Å². The molecule has 3 N–H and O–H groups in total. The Kier molecular flexibility index (Phi) is 9.97. The third kappa shape index (κ3) is 7.07. The largest absolute Gasteiger partial charge is 0.394 e. The number of ether oxygens (including phenoxy) is 1. The number of allylic oxidation sites excluding steroid dienone is 6. The molecule has 1 fully saturated rings. The molecule has 0 radical (unpaired) electrons. The summed E-state index contributed by atoms with van der Waals surface area (Å²) in [5.41, 5.74) is 1.57. The molecular weight excluding hydrogens is 431 g/mol. The second-order valence-electron chi connectivity index (χ2n) is 8.77. The number of aliphatic hydroxyl groups is 3. The van der Waals surface area contributed by atoms with Crippen LogP contribution in [-0.4, -0.2) is 49.4 Å². The molecule has 2 rings (SSSR count). The van der Waals surface area contributed by atoms with Crippen molar-refractivity contribution in [2.45, 2.75) is 84.5 Å². The Balaban J connectivity index is 2.11. The van der Waals surface area contributed by atoms with Crippen molar-refractivity contribution in [2.24, 2.45) is 0 Å². The lowest BCUT2D eigenvalue weighted by Gasteiger charge is -2.18. The highest BCUT2D eigenvalue weighted by atomic mass is 19.1. The maximum absolute atomic E-state index is 14.3. The second-order valence-corrected chi connectivity index (χ2v) is 8.77. The van der Waals surface area contributed by atoms with Crippen LogP contribution >= 0.6 is 0 Å². The fourth-order valence-corrected chi connectivity index (χ4v) is 3.63. The second kappa shape index (κ2) is 12.2. The molecule has 1 aliphatic rings. The summed E-state index contributed by atoms with van der Waals surface area (Å²) in [6, 6.07) is 0. The Labute approximate surface area is 192 Å². The highest BCUT2D eigenvalue weighted by molar-refractivity contribution is 5.06. The van der Waals surface area contributed by atoms with Gasteiger partial charge in [-0.3, -0.25) is 13.9 Å². The van der Waals surface area contributed by atoms with Gasteiger partial charge in [-0.15, -0.1) is 0 Å². The van der Waals surface area contributed by atoms with Crippen LogP contribution in [0.4, 0.5) is 4.39 Å². The van der Waals surface area contributed by atoms with Crippen molar-refractivity contribution < 1.29 is 24.4 Å². The Morgan fingerprint density at radius 2 is 1.64 bits per heavy atom. The minimum atomic E-state index is -1.56. The molecule has 0 spiro atoms. The van der Waals surface area contributed by atoms with E-state index in [4.69, 9.17) is 4.74 Å². The summed E-state index contributed by atoms with van der Waals surface area (Å²) in [5.74, 6) is -1.19. The number of hydrogen-bond acceptors (Lipinski definition) is 6. The quantitative estimate of drug-likeness (QED) is 0.456. The van der Waals surface area contributed by atoms with Gasteiger partial charge in [0.25, 0.3) is 5.56 Å². The average Bonchev–Trinajstić information content (AvgIpc) is 3.04. The lowest BCUT2D eigenvalue weighted by molar-refractivity contribution is -0.0560. The Morgan fingerprint density at radius 3 is 2.21 bits per heavy atom. The minimum Gasteiger partial charge on any atom is -0.394 e. The molecule has 0 amide bonds. The topological polar surface area (TPSA) is 114 Å². The Hall–Kier alpha value is -2.33. The van der Waals surface area contributed by atoms with Gasteiger partial charge in [-0.1, -0.05) is 34.9 Å². The lowest BCUT2D eigenvalue weighted by Crippen LogP contribution is -2.44. The maximum atomic E-state index is 14.3. The van der Waals surface area contributed by atoms with Gasteiger partial charge in [0.05, 0.1) is 12.8 Å². The van der Waals surface area contributed by atoms with E-state index in [2.05, 4.69) is 32.9 Å². The number of nitrogens with zero attached hydrogens (tertiary/aromatic N) is 2. The molecule has 2 heterocycles. The van der Waals surface area contributed by atoms with Gasteiger partial charge in [-0.05, 0) is 53.4 Å². The van der Waals surface area contributed by atoms with E-state index in [1.54, 1.807) is 6.08 Å². The van der Waals surface area contributed by atoms with Gasteiger partial charge in [0.2, 0.25) is 5.82 Å². The summed E-state index contributed by atoms with van der Waals surface area (Å²) in [5, 5.41) is 29.3. The lowest BCUT2D eigenvalue weighted by atomic mass is 10.1. The summed E-state index contributed by atoms with van der Waals surface area (Å²) in [7, 11) is 0. The van der Waals surface area contributed by atoms with Crippen LogP contribution in [0.1, 0.15) is 59.6 Å². The van der Waals surface area contributed by atoms with Gasteiger partial charge in [0.15, 0.2) is 6.23 Å². The molecule has 1 aliphatic heterocycles. The van der Waals surface area contributed by atoms with E-state index in [0.717, 1.165) is 35.8 Å². The molecule has 1 saturated heterocycles. The van der Waals surface area contributed by atoms with Crippen LogP contribution in [0.3, 0.4) is 0 Å². The van der Waals surface area contributed by atoms with Gasteiger partial charge in [-0.25, -0.2) is 4.79 Å². The fraction of sp³-hybridized carbons (Fsp3) is 0.583. The highest BCUT2D eigenvalue weighted by Gasteiger charge is 2.44. The monoisotopic (exact) mass is 466 g/mol. The molecule has 0 aromatic carbocycles. The van der Waals surface area contributed by atoms with Crippen LogP contribution in [0.5, 0.6) is 0 Å². The van der Waals surface area contributed by atoms with E-state index in [1.807, 2.05) is 6.92 Å². The molecule has 1 aromatic heterocycles. The van der Waals surface area contributed by atoms with Crippen molar-refractivity contribution in [3.8, 4) is 0 Å². The Morgan fingerprint density at radius 1 is 1.03 bits per heavy atom. The number of aromatic nitrogens is 2. The third-order valence-electron chi connectivity index (χ3n) is 5.69. The molecule has 33 heavy (non-hydrogen) atoms. The number of hydrogen-bond donors (Lipinski definition) is 3. The van der Waals surface area contributed by atoms with Crippen LogP contribution in [0.25, 0.3) is 0 Å². The average molecular weight is 467 g/mol. The van der Waals surface area contributed by atoms with E-state index in [1.165, 1.54) is 11.1 Å². The number of aliphatic hydroxyl groups excluding tert-OH is 3. The third-order valence-corrected chi connectivity index (χ3v) is 5.69. The molecule has 1 aromatic rings. The first kappa shape index (κ1) is 26.9. The Bertz CT molecular complexity index is 1020. The normalized spacial score (nSPS) is 23.8. The van der Waals surface area contributed by atoms with Gasteiger partial charge in [0.1, 0.15) is 18.3 Å². The van der Waals surface area contributed by atoms with E-state index in [-0.39, 0.29) is 6.54 Å². The minimum absolute atomic E-state index is 0.140. The number of rotatable bonds is 10. The molecule has 0 bridgehead atoms. The maximum Gasteiger partial charge on any atom is 0.333 e. The highest BCUT2D eigenvalue weighted by Crippen LogP contribution is 2.28. The summed E-state index contributed by atoms with van der Waals surface area (Å²) in [6.45, 7) is 7.38. The van der Waals surface area contributed by atoms with Crippen molar-refractivity contribution in [3.05, 3.63) is 67.8 Å². The van der Waals surface area contributed by atoms with Crippen LogP contribution < -0.4 is 11.2 Å². The first-order valence-electron chi connectivity index (χ1n) is 11.1. The van der Waals surface area contributed by atoms with Crippen molar-refractivity contribution in [2.75, 3.05) is 6.61 Å². The first-order valence-corrected chi connectivity index (χ1v) is 11.1. The van der Waals surface area contributed by atoms with E-state index < -0.39 is 48.2 Å². The molecule has 4 atom stereocenters. The summed E-state index contributed by atoms with van der Waals surface area (Å²) in [6.07, 6.45) is 4.70. The van der Waals surface area contributed by atoms with Crippen molar-refractivity contribution >= 4 is 0 Å². The molecule has 8 nitrogen and oxygen atoms in total. The van der Waals surface area contributed by atoms with E-state index in [9.17, 15) is 29.3 Å². The zero-order valence-corrected chi connectivity index (χ0v) is 19.7. The predicted molar refractivity (Wildman–Crippen MR) is 123 cm³/mol. The molecule has 9 heteroatoms. The van der Waals surface area contributed by atoms with E-state index >= 15 is 0 Å². The smallest absolute Gasteiger partial charge is 0.333 e. The first-order chi connectivity index (χ1) is 15.6. The van der Waals surface area contributed by atoms with Crippen molar-refractivity contribution in [1.29, 1.82) is 0 Å². The molecule has 4 unspecified atom stereocenters. The van der Waals surface area contributed by atoms with Crippen molar-refractivity contribution in [1.82, 2.24) is 9.13 Å². The molecular formula is C24H35FN2O6. The van der Waals surface area contributed by atoms with Crippen LogP contribution in [-0.2, 0) is 11.3 Å². The molecule has 184 valence electrons. The van der Waals surface area contributed by atoms with Crippen LogP contribution in [0, 0.1) is 5.82 Å². The van der Waals surface area contributed by atoms with Gasteiger partial charge in [0, 0.05) is 6.54 Å². The summed E-state index contributed by atoms with van der Waals surface area (Å²) >= 11 is 0. The molecule has 0 saturated carbocycles. The summed E-state index contributed by atoms with van der Waals surface area (Å²) < 4.78 is 21.0. The number of halogens is 1. The van der Waals surface area contributed by atoms with E-state index in [0.29, 0.717) is 10.8 Å². The SMILES string of the molecule is CC(C)=CCCC(C)=CCCC(C)=CCn1c(=O)c(F)cn(C2OC(CO)C(O)C2O)c1=O. The van der Waals surface area contributed by atoms with Crippen LogP contribution in [0.2, 0.25) is 0 Å². The van der Waals surface area contributed by atoms with Crippen LogP contribution in [0.15, 0.2) is 50.7 Å². The van der Waals surface area contributed by atoms with Gasteiger partial charge >= 0.3 is 5.69 Å². The summed E-state index contributed by atoms with van der Waals surface area (Å²) in [4.78, 5) is 25.0. The fourth-order valence-electron chi connectivity index (χ4n) is 3.63. The predicted octanol–water partition coefficient (Wildman–Crippen LogP) is 2.18.